The number of fused-ring (bicyclic) bond motifs is 5. The van der Waals surface area contributed by atoms with Gasteiger partial charge in [-0.3, -0.25) is 14.6 Å². The van der Waals surface area contributed by atoms with E-state index >= 15 is 0 Å². The lowest BCUT2D eigenvalue weighted by Crippen LogP contribution is -2.37. The molecule has 2 aliphatic rings. The van der Waals surface area contributed by atoms with E-state index in [-0.39, 0.29) is 18.0 Å². The maximum Gasteiger partial charge on any atom is 0.245 e. The summed E-state index contributed by atoms with van der Waals surface area (Å²) in [7, 11) is 3.88. The largest absolute Gasteiger partial charge is 0.455 e. The van der Waals surface area contributed by atoms with Crippen molar-refractivity contribution in [2.45, 2.75) is 18.5 Å². The first-order chi connectivity index (χ1) is 11.1. The number of carbonyl (C=O) groups excluding carboxylic acids is 1. The molecule has 4 nitrogen and oxygen atoms in total. The van der Waals surface area contributed by atoms with E-state index in [2.05, 4.69) is 0 Å². The second kappa shape index (κ2) is 5.25. The number of carbonyl (C=O) groups is 1. The summed E-state index contributed by atoms with van der Waals surface area (Å²) < 4.78 is 6.07. The molecule has 0 aliphatic carbocycles. The molecule has 2 aliphatic heterocycles. The number of para-hydroxylation sites is 2. The molecule has 118 valence electrons. The topological polar surface area (TPSA) is 32.8 Å². The third-order valence-electron chi connectivity index (χ3n) is 4.58. The van der Waals surface area contributed by atoms with Gasteiger partial charge in [0, 0.05) is 10.6 Å². The van der Waals surface area contributed by atoms with Gasteiger partial charge in [0.25, 0.3) is 0 Å². The molecule has 2 aromatic carbocycles. The summed E-state index contributed by atoms with van der Waals surface area (Å²) in [5.41, 5.74) is 1.78. The van der Waals surface area contributed by atoms with Gasteiger partial charge in [-0.2, -0.15) is 0 Å². The van der Waals surface area contributed by atoms with E-state index in [4.69, 9.17) is 16.3 Å². The van der Waals surface area contributed by atoms with Gasteiger partial charge in [0.1, 0.15) is 5.75 Å². The number of benzene rings is 2. The Morgan fingerprint density at radius 3 is 2.74 bits per heavy atom. The lowest BCUT2D eigenvalue weighted by molar-refractivity contribution is -0.120. The number of hydrogen-bond acceptors (Lipinski definition) is 3. The first-order valence-corrected chi connectivity index (χ1v) is 8.00. The van der Waals surface area contributed by atoms with Gasteiger partial charge in [0.15, 0.2) is 5.75 Å². The highest BCUT2D eigenvalue weighted by Crippen LogP contribution is 2.49. The van der Waals surface area contributed by atoms with E-state index in [1.54, 1.807) is 0 Å². The van der Waals surface area contributed by atoms with Gasteiger partial charge in [-0.25, -0.2) is 0 Å². The fraction of sp³-hybridized carbons (Fsp3) is 0.278. The molecule has 0 bridgehead atoms. The summed E-state index contributed by atoms with van der Waals surface area (Å²) >= 11 is 6.20. The molecule has 2 heterocycles. The predicted molar refractivity (Wildman–Crippen MR) is 90.3 cm³/mol. The van der Waals surface area contributed by atoms with E-state index in [1.165, 1.54) is 0 Å². The molecule has 0 spiro atoms. The van der Waals surface area contributed by atoms with Gasteiger partial charge in [0.2, 0.25) is 5.91 Å². The van der Waals surface area contributed by atoms with Gasteiger partial charge >= 0.3 is 0 Å². The smallest absolute Gasteiger partial charge is 0.245 e. The molecular formula is C18H17ClN2O2. The Balaban J connectivity index is 1.93. The molecule has 0 saturated carbocycles. The number of rotatable bonds is 1. The molecule has 2 unspecified atom stereocenters. The fourth-order valence-electron chi connectivity index (χ4n) is 3.45. The standard InChI is InChI=1S/C18H17ClN2O2/c1-20(2)15-10-14-12-9-11(19)7-8-16(12)23-17-6-4-3-5-13(17)21(14)18(15)22/h3-9,14-15H,10H2,1-2H3. The molecule has 1 saturated heterocycles. The fourth-order valence-corrected chi connectivity index (χ4v) is 3.63. The van der Waals surface area contributed by atoms with Gasteiger partial charge in [0.05, 0.1) is 17.8 Å². The normalized spacial score (nSPS) is 22.3. The summed E-state index contributed by atoms with van der Waals surface area (Å²) in [4.78, 5) is 16.8. The molecule has 2 aromatic rings. The van der Waals surface area contributed by atoms with Crippen molar-refractivity contribution in [3.05, 3.63) is 53.1 Å². The van der Waals surface area contributed by atoms with Crippen molar-refractivity contribution in [1.82, 2.24) is 4.90 Å². The Labute approximate surface area is 140 Å². The molecular weight excluding hydrogens is 312 g/mol. The highest BCUT2D eigenvalue weighted by atomic mass is 35.5. The summed E-state index contributed by atoms with van der Waals surface area (Å²) in [5, 5.41) is 0.652. The Morgan fingerprint density at radius 2 is 1.96 bits per heavy atom. The monoisotopic (exact) mass is 328 g/mol. The van der Waals surface area contributed by atoms with Gasteiger partial charge < -0.3 is 4.74 Å². The van der Waals surface area contributed by atoms with E-state index in [0.29, 0.717) is 10.8 Å². The van der Waals surface area contributed by atoms with Crippen LogP contribution in [-0.2, 0) is 4.79 Å². The molecule has 1 fully saturated rings. The van der Waals surface area contributed by atoms with E-state index in [9.17, 15) is 4.79 Å². The number of nitrogens with zero attached hydrogens (tertiary/aromatic N) is 2. The number of hydrogen-bond donors (Lipinski definition) is 0. The van der Waals surface area contributed by atoms with Crippen LogP contribution < -0.4 is 9.64 Å². The van der Waals surface area contributed by atoms with Crippen LogP contribution in [0.3, 0.4) is 0 Å². The maximum atomic E-state index is 13.0. The summed E-state index contributed by atoms with van der Waals surface area (Å²) in [6.07, 6.45) is 0.719. The minimum absolute atomic E-state index is 0.0627. The van der Waals surface area contributed by atoms with Gasteiger partial charge in [-0.1, -0.05) is 23.7 Å². The van der Waals surface area contributed by atoms with Crippen LogP contribution in [0.15, 0.2) is 42.5 Å². The predicted octanol–water partition coefficient (Wildman–Crippen LogP) is 3.85. The maximum absolute atomic E-state index is 13.0. The number of ether oxygens (including phenoxy) is 1. The average Bonchev–Trinajstić information content (AvgIpc) is 2.80. The van der Waals surface area contributed by atoms with Gasteiger partial charge in [-0.05, 0) is 50.8 Å². The number of likely N-dealkylation sites (N-methyl/N-ethyl adjacent to an activating group) is 1. The summed E-state index contributed by atoms with van der Waals surface area (Å²) in [6.45, 7) is 0. The van der Waals surface area contributed by atoms with Crippen LogP contribution in [0, 0.1) is 0 Å². The molecule has 1 amide bonds. The second-order valence-corrected chi connectivity index (χ2v) is 6.63. The molecule has 2 atom stereocenters. The zero-order valence-electron chi connectivity index (χ0n) is 13.0. The average molecular weight is 329 g/mol. The van der Waals surface area contributed by atoms with Crippen LogP contribution in [0.2, 0.25) is 5.02 Å². The molecule has 4 rings (SSSR count). The van der Waals surface area contributed by atoms with Crippen molar-refractivity contribution < 1.29 is 9.53 Å². The summed E-state index contributed by atoms with van der Waals surface area (Å²) in [5.74, 6) is 1.57. The minimum atomic E-state index is -0.141. The third-order valence-corrected chi connectivity index (χ3v) is 4.81. The molecule has 5 heteroatoms. The highest BCUT2D eigenvalue weighted by molar-refractivity contribution is 6.30. The van der Waals surface area contributed by atoms with Crippen molar-refractivity contribution in [3.8, 4) is 11.5 Å². The van der Waals surface area contributed by atoms with Crippen LogP contribution >= 0.6 is 11.6 Å². The van der Waals surface area contributed by atoms with Crippen molar-refractivity contribution in [1.29, 1.82) is 0 Å². The van der Waals surface area contributed by atoms with Crippen LogP contribution in [0.4, 0.5) is 5.69 Å². The van der Waals surface area contributed by atoms with Crippen molar-refractivity contribution in [3.63, 3.8) is 0 Å². The highest BCUT2D eigenvalue weighted by Gasteiger charge is 2.45. The van der Waals surface area contributed by atoms with Crippen molar-refractivity contribution >= 4 is 23.2 Å². The Hall–Kier alpha value is -2.04. The van der Waals surface area contributed by atoms with Crippen molar-refractivity contribution in [2.75, 3.05) is 19.0 Å². The summed E-state index contributed by atoms with van der Waals surface area (Å²) in [6, 6.07) is 13.1. The van der Waals surface area contributed by atoms with E-state index in [1.807, 2.05) is 66.4 Å². The zero-order chi connectivity index (χ0) is 16.1. The Bertz CT molecular complexity index is 790. The number of anilines is 1. The van der Waals surface area contributed by atoms with Gasteiger partial charge in [-0.15, -0.1) is 0 Å². The van der Waals surface area contributed by atoms with E-state index < -0.39 is 0 Å². The second-order valence-electron chi connectivity index (χ2n) is 6.19. The van der Waals surface area contributed by atoms with Crippen LogP contribution in [0.25, 0.3) is 0 Å². The zero-order valence-corrected chi connectivity index (χ0v) is 13.7. The van der Waals surface area contributed by atoms with Crippen LogP contribution in [-0.4, -0.2) is 30.9 Å². The number of amides is 1. The Kier molecular flexibility index (Phi) is 3.32. The quantitative estimate of drug-likeness (QED) is 0.797. The van der Waals surface area contributed by atoms with Crippen molar-refractivity contribution in [2.24, 2.45) is 0 Å². The van der Waals surface area contributed by atoms with E-state index in [0.717, 1.165) is 23.4 Å². The molecule has 23 heavy (non-hydrogen) atoms. The first-order valence-electron chi connectivity index (χ1n) is 7.62. The number of halogens is 1. The Morgan fingerprint density at radius 1 is 1.17 bits per heavy atom. The lowest BCUT2D eigenvalue weighted by atomic mass is 10.0. The SMILES string of the molecule is CN(C)C1CC2c3cc(Cl)ccc3Oc3ccccc3N2C1=O. The van der Waals surface area contributed by atoms with Crippen LogP contribution in [0.1, 0.15) is 18.0 Å². The lowest BCUT2D eigenvalue weighted by Gasteiger charge is -2.23. The molecule has 0 N–H and O–H groups in total. The minimum Gasteiger partial charge on any atom is -0.455 e. The van der Waals surface area contributed by atoms with Crippen LogP contribution in [0.5, 0.6) is 11.5 Å². The molecule has 0 aromatic heterocycles. The third kappa shape index (κ3) is 2.21. The molecule has 0 radical (unpaired) electrons. The first kappa shape index (κ1) is 14.5.